The molecule has 0 spiro atoms. The summed E-state index contributed by atoms with van der Waals surface area (Å²) >= 11 is 0. The number of carbonyl (C=O) groups is 1. The summed E-state index contributed by atoms with van der Waals surface area (Å²) in [5.74, 6) is 0.714. The Morgan fingerprint density at radius 1 is 1.30 bits per heavy atom. The molecule has 5 heteroatoms. The largest absolute Gasteiger partial charge is 0.481 e. The van der Waals surface area contributed by atoms with Gasteiger partial charge in [0, 0.05) is 32.0 Å². The van der Waals surface area contributed by atoms with Crippen LogP contribution in [0.25, 0.3) is 0 Å². The molecule has 1 amide bonds. The topological polar surface area (TPSA) is 54.5 Å². The molecular weight excluding hydrogens is 290 g/mol. The molecule has 0 saturated carbocycles. The lowest BCUT2D eigenvalue weighted by Crippen LogP contribution is -2.52. The van der Waals surface area contributed by atoms with Gasteiger partial charge in [0.15, 0.2) is 6.10 Å². The zero-order valence-corrected chi connectivity index (χ0v) is 13.2. The molecule has 1 aromatic heterocycles. The molecule has 1 aromatic carbocycles. The van der Waals surface area contributed by atoms with Gasteiger partial charge in [-0.1, -0.05) is 24.3 Å². The van der Waals surface area contributed by atoms with E-state index in [0.29, 0.717) is 12.3 Å². The molecule has 2 heterocycles. The van der Waals surface area contributed by atoms with Gasteiger partial charge in [0.1, 0.15) is 5.75 Å². The van der Waals surface area contributed by atoms with Crippen LogP contribution < -0.4 is 10.1 Å². The third kappa shape index (κ3) is 3.68. The van der Waals surface area contributed by atoms with Gasteiger partial charge in [-0.25, -0.2) is 0 Å². The minimum atomic E-state index is -0.519. The van der Waals surface area contributed by atoms with Crippen molar-refractivity contribution in [1.82, 2.24) is 15.2 Å². The fourth-order valence-electron chi connectivity index (χ4n) is 2.83. The number of hydrogen-bond donors (Lipinski definition) is 1. The van der Waals surface area contributed by atoms with Gasteiger partial charge in [-0.15, -0.1) is 0 Å². The minimum absolute atomic E-state index is 0.00389. The highest BCUT2D eigenvalue weighted by molar-refractivity contribution is 5.81. The first kappa shape index (κ1) is 15.5. The van der Waals surface area contributed by atoms with Crippen molar-refractivity contribution in [3.8, 4) is 5.75 Å². The number of ether oxygens (including phenoxy) is 1. The summed E-state index contributed by atoms with van der Waals surface area (Å²) < 4.78 is 5.79. The number of aromatic nitrogens is 1. The van der Waals surface area contributed by atoms with Crippen LogP contribution >= 0.6 is 0 Å². The number of nitrogens with zero attached hydrogens (tertiary/aromatic N) is 2. The summed E-state index contributed by atoms with van der Waals surface area (Å²) in [4.78, 5) is 18.9. The Morgan fingerprint density at radius 2 is 2.13 bits per heavy atom. The average molecular weight is 311 g/mol. The lowest BCUT2D eigenvalue weighted by molar-refractivity contribution is -0.141. The second-order valence-corrected chi connectivity index (χ2v) is 5.61. The molecule has 2 unspecified atom stereocenters. The Morgan fingerprint density at radius 3 is 2.87 bits per heavy atom. The van der Waals surface area contributed by atoms with E-state index in [1.807, 2.05) is 53.6 Å². The molecule has 0 aliphatic carbocycles. The zero-order valence-electron chi connectivity index (χ0n) is 13.2. The van der Waals surface area contributed by atoms with Crippen molar-refractivity contribution >= 4 is 5.91 Å². The van der Waals surface area contributed by atoms with Crippen molar-refractivity contribution in [2.75, 3.05) is 19.6 Å². The van der Waals surface area contributed by atoms with Crippen LogP contribution in [0.3, 0.4) is 0 Å². The maximum atomic E-state index is 12.8. The van der Waals surface area contributed by atoms with E-state index < -0.39 is 6.10 Å². The summed E-state index contributed by atoms with van der Waals surface area (Å²) in [5, 5.41) is 3.34. The lowest BCUT2D eigenvalue weighted by Gasteiger charge is -2.37. The predicted octanol–water partition coefficient (Wildman–Crippen LogP) is 2.02. The van der Waals surface area contributed by atoms with Crippen molar-refractivity contribution in [2.45, 2.75) is 19.1 Å². The first-order valence-corrected chi connectivity index (χ1v) is 7.88. The SMILES string of the molecule is CC(Oc1ccccc1)C(=O)N1CCNCC1c1cccnc1. The summed E-state index contributed by atoms with van der Waals surface area (Å²) in [6.45, 7) is 3.99. The number of hydrogen-bond acceptors (Lipinski definition) is 4. The molecule has 0 bridgehead atoms. The molecule has 120 valence electrons. The van der Waals surface area contributed by atoms with E-state index in [2.05, 4.69) is 10.3 Å². The Kier molecular flexibility index (Phi) is 4.88. The maximum absolute atomic E-state index is 12.8. The van der Waals surface area contributed by atoms with Crippen LogP contribution in [0.15, 0.2) is 54.9 Å². The number of rotatable bonds is 4. The van der Waals surface area contributed by atoms with Crippen LogP contribution in [0.5, 0.6) is 5.75 Å². The highest BCUT2D eigenvalue weighted by atomic mass is 16.5. The number of pyridine rings is 1. The number of nitrogens with one attached hydrogen (secondary N) is 1. The van der Waals surface area contributed by atoms with Gasteiger partial charge in [-0.05, 0) is 30.7 Å². The van der Waals surface area contributed by atoms with Gasteiger partial charge in [-0.2, -0.15) is 0 Å². The van der Waals surface area contributed by atoms with Crippen LogP contribution in [0.4, 0.5) is 0 Å². The van der Waals surface area contributed by atoms with E-state index in [1.54, 1.807) is 13.1 Å². The summed E-state index contributed by atoms with van der Waals surface area (Å²) in [5.41, 5.74) is 1.04. The third-order valence-electron chi connectivity index (χ3n) is 4.00. The van der Waals surface area contributed by atoms with Crippen molar-refractivity contribution in [2.24, 2.45) is 0 Å². The van der Waals surface area contributed by atoms with Gasteiger partial charge in [-0.3, -0.25) is 9.78 Å². The molecule has 1 fully saturated rings. The molecule has 1 aliphatic heterocycles. The standard InChI is InChI=1S/C18H21N3O2/c1-14(23-16-7-3-2-4-8-16)18(22)21-11-10-20-13-17(21)15-6-5-9-19-12-15/h2-9,12,14,17,20H,10-11,13H2,1H3. The summed E-state index contributed by atoms with van der Waals surface area (Å²) in [7, 11) is 0. The van der Waals surface area contributed by atoms with Crippen LogP contribution in [0.2, 0.25) is 0 Å². The Balaban J connectivity index is 1.73. The Hall–Kier alpha value is -2.40. The van der Waals surface area contributed by atoms with E-state index >= 15 is 0 Å². The molecule has 5 nitrogen and oxygen atoms in total. The molecule has 3 rings (SSSR count). The van der Waals surface area contributed by atoms with Crippen LogP contribution in [0.1, 0.15) is 18.5 Å². The second kappa shape index (κ2) is 7.24. The molecule has 23 heavy (non-hydrogen) atoms. The third-order valence-corrected chi connectivity index (χ3v) is 4.00. The normalized spacial score (nSPS) is 19.2. The van der Waals surface area contributed by atoms with E-state index in [-0.39, 0.29) is 11.9 Å². The zero-order chi connectivity index (χ0) is 16.1. The van der Waals surface area contributed by atoms with E-state index in [9.17, 15) is 4.79 Å². The number of amides is 1. The number of carbonyl (C=O) groups excluding carboxylic acids is 1. The van der Waals surface area contributed by atoms with Crippen molar-refractivity contribution < 1.29 is 9.53 Å². The Bertz CT molecular complexity index is 633. The first-order chi connectivity index (χ1) is 11.3. The highest BCUT2D eigenvalue weighted by Gasteiger charge is 2.31. The van der Waals surface area contributed by atoms with Gasteiger partial charge >= 0.3 is 0 Å². The molecule has 1 aliphatic rings. The van der Waals surface area contributed by atoms with Gasteiger partial charge in [0.25, 0.3) is 5.91 Å². The van der Waals surface area contributed by atoms with Gasteiger partial charge < -0.3 is 15.0 Å². The summed E-state index contributed by atoms with van der Waals surface area (Å²) in [6, 6.07) is 13.3. The van der Waals surface area contributed by atoms with Crippen molar-refractivity contribution in [1.29, 1.82) is 0 Å². The maximum Gasteiger partial charge on any atom is 0.263 e. The minimum Gasteiger partial charge on any atom is -0.481 e. The van der Waals surface area contributed by atoms with E-state index in [1.165, 1.54) is 0 Å². The molecule has 0 radical (unpaired) electrons. The summed E-state index contributed by atoms with van der Waals surface area (Å²) in [6.07, 6.45) is 3.04. The van der Waals surface area contributed by atoms with E-state index in [4.69, 9.17) is 4.74 Å². The monoisotopic (exact) mass is 311 g/mol. The van der Waals surface area contributed by atoms with Gasteiger partial charge in [0.2, 0.25) is 0 Å². The van der Waals surface area contributed by atoms with Crippen LogP contribution in [-0.2, 0) is 4.79 Å². The number of piperazine rings is 1. The highest BCUT2D eigenvalue weighted by Crippen LogP contribution is 2.23. The molecule has 1 N–H and O–H groups in total. The quantitative estimate of drug-likeness (QED) is 0.938. The fourth-order valence-corrected chi connectivity index (χ4v) is 2.83. The fraction of sp³-hybridized carbons (Fsp3) is 0.333. The molecular formula is C18H21N3O2. The number of benzene rings is 1. The number of para-hydroxylation sites is 1. The molecule has 1 saturated heterocycles. The lowest BCUT2D eigenvalue weighted by atomic mass is 10.0. The smallest absolute Gasteiger partial charge is 0.263 e. The van der Waals surface area contributed by atoms with Crippen LogP contribution in [-0.4, -0.2) is 41.5 Å². The van der Waals surface area contributed by atoms with Crippen LogP contribution in [0, 0.1) is 0 Å². The molecule has 2 aromatic rings. The van der Waals surface area contributed by atoms with Gasteiger partial charge in [0.05, 0.1) is 6.04 Å². The van der Waals surface area contributed by atoms with Crippen molar-refractivity contribution in [3.63, 3.8) is 0 Å². The molecule has 2 atom stereocenters. The second-order valence-electron chi connectivity index (χ2n) is 5.61. The predicted molar refractivity (Wildman–Crippen MR) is 88.1 cm³/mol. The van der Waals surface area contributed by atoms with Crippen molar-refractivity contribution in [3.05, 3.63) is 60.4 Å². The first-order valence-electron chi connectivity index (χ1n) is 7.88. The Labute approximate surface area is 136 Å². The average Bonchev–Trinajstić information content (AvgIpc) is 2.62. The van der Waals surface area contributed by atoms with E-state index in [0.717, 1.165) is 18.7 Å².